The maximum absolute atomic E-state index is 13.4. The maximum atomic E-state index is 13.4. The van der Waals surface area contributed by atoms with Crippen molar-refractivity contribution in [3.05, 3.63) is 81.2 Å². The van der Waals surface area contributed by atoms with E-state index in [9.17, 15) is 9.59 Å². The molecule has 2 aromatic carbocycles. The van der Waals surface area contributed by atoms with Crippen LogP contribution in [0.1, 0.15) is 61.5 Å². The Kier molecular flexibility index (Phi) is 8.96. The summed E-state index contributed by atoms with van der Waals surface area (Å²) in [6, 6.07) is 15.2. The zero-order valence-corrected chi connectivity index (χ0v) is 23.3. The summed E-state index contributed by atoms with van der Waals surface area (Å²) in [5.41, 5.74) is 5.44. The average Bonchev–Trinajstić information content (AvgIpc) is 3.33. The molecule has 0 radical (unpaired) electrons. The molecule has 1 amide bonds. The van der Waals surface area contributed by atoms with Crippen LogP contribution < -0.4 is 10.6 Å². The van der Waals surface area contributed by atoms with Crippen molar-refractivity contribution >= 4 is 33.9 Å². The normalized spacial score (nSPS) is 16.0. The summed E-state index contributed by atoms with van der Waals surface area (Å²) in [7, 11) is 1.89. The van der Waals surface area contributed by atoms with Crippen LogP contribution >= 0.6 is 11.3 Å². The lowest BCUT2D eigenvalue weighted by Gasteiger charge is -2.32. The van der Waals surface area contributed by atoms with E-state index >= 15 is 0 Å². The highest BCUT2D eigenvalue weighted by atomic mass is 32.1. The van der Waals surface area contributed by atoms with E-state index in [-0.39, 0.29) is 5.91 Å². The summed E-state index contributed by atoms with van der Waals surface area (Å²) in [4.78, 5) is 28.2. The van der Waals surface area contributed by atoms with Crippen molar-refractivity contribution in [1.82, 2.24) is 4.90 Å². The zero-order valence-electron chi connectivity index (χ0n) is 22.5. The lowest BCUT2D eigenvalue weighted by molar-refractivity contribution is 0.0508. The van der Waals surface area contributed by atoms with Gasteiger partial charge in [0.25, 0.3) is 5.91 Å². The number of thiophene rings is 1. The van der Waals surface area contributed by atoms with Gasteiger partial charge >= 0.3 is 5.97 Å². The highest BCUT2D eigenvalue weighted by Gasteiger charge is 2.29. The van der Waals surface area contributed by atoms with Crippen LogP contribution in [-0.2, 0) is 30.5 Å². The SMILES string of the molecule is CNc1sc2c(c1C(=O)Nc1ccc(CCCc3ccc(C(=O)O)cc3)cc1)CCN(CC1CCOCC1)C2. The maximum Gasteiger partial charge on any atom is 0.335 e. The first-order valence-electron chi connectivity index (χ1n) is 13.8. The molecule has 2 aliphatic heterocycles. The number of aromatic carboxylic acids is 1. The minimum absolute atomic E-state index is 0.0488. The number of amides is 1. The second kappa shape index (κ2) is 12.8. The van der Waals surface area contributed by atoms with Gasteiger partial charge in [0.1, 0.15) is 5.00 Å². The van der Waals surface area contributed by atoms with Crippen molar-refractivity contribution < 1.29 is 19.4 Å². The second-order valence-electron chi connectivity index (χ2n) is 10.5. The van der Waals surface area contributed by atoms with Crippen LogP contribution in [0.2, 0.25) is 0 Å². The minimum Gasteiger partial charge on any atom is -0.478 e. The number of carboxylic acids is 1. The molecule has 206 valence electrons. The molecule has 0 aliphatic carbocycles. The Morgan fingerprint density at radius 3 is 2.33 bits per heavy atom. The molecule has 0 spiro atoms. The molecule has 0 atom stereocenters. The van der Waals surface area contributed by atoms with Crippen molar-refractivity contribution in [2.24, 2.45) is 5.92 Å². The first-order valence-corrected chi connectivity index (χ1v) is 14.7. The van der Waals surface area contributed by atoms with E-state index in [1.54, 1.807) is 23.5 Å². The lowest BCUT2D eigenvalue weighted by Crippen LogP contribution is -2.36. The van der Waals surface area contributed by atoms with E-state index in [1.807, 2.05) is 31.3 Å². The molecular formula is C31H37N3O4S. The highest BCUT2D eigenvalue weighted by molar-refractivity contribution is 7.16. The summed E-state index contributed by atoms with van der Waals surface area (Å²) >= 11 is 1.71. The number of nitrogens with one attached hydrogen (secondary N) is 2. The number of carbonyl (C=O) groups excluding carboxylic acids is 1. The van der Waals surface area contributed by atoms with Crippen LogP contribution in [0.4, 0.5) is 10.7 Å². The number of hydrogen-bond donors (Lipinski definition) is 3. The van der Waals surface area contributed by atoms with Gasteiger partial charge in [-0.2, -0.15) is 0 Å². The number of carboxylic acid groups (broad SMARTS) is 1. The summed E-state index contributed by atoms with van der Waals surface area (Å²) in [5.74, 6) is -0.241. The molecule has 3 heterocycles. The van der Waals surface area contributed by atoms with Gasteiger partial charge in [-0.3, -0.25) is 9.69 Å². The molecule has 7 nitrogen and oxygen atoms in total. The lowest BCUT2D eigenvalue weighted by atomic mass is 9.97. The fraction of sp³-hybridized carbons (Fsp3) is 0.419. The number of rotatable bonds is 10. The summed E-state index contributed by atoms with van der Waals surface area (Å²) in [5, 5.41) is 16.4. The number of carbonyl (C=O) groups is 2. The molecule has 5 rings (SSSR count). The van der Waals surface area contributed by atoms with Crippen molar-refractivity contribution in [1.29, 1.82) is 0 Å². The third-order valence-electron chi connectivity index (χ3n) is 7.79. The van der Waals surface area contributed by atoms with E-state index in [4.69, 9.17) is 9.84 Å². The third-order valence-corrected chi connectivity index (χ3v) is 9.03. The fourth-order valence-corrected chi connectivity index (χ4v) is 6.82. The number of fused-ring (bicyclic) bond motifs is 1. The largest absolute Gasteiger partial charge is 0.478 e. The van der Waals surface area contributed by atoms with Crippen molar-refractivity contribution in [3.63, 3.8) is 0 Å². The molecule has 2 aliphatic rings. The van der Waals surface area contributed by atoms with Crippen LogP contribution in [-0.4, -0.2) is 55.2 Å². The van der Waals surface area contributed by atoms with Crippen LogP contribution in [0.15, 0.2) is 48.5 Å². The van der Waals surface area contributed by atoms with Crippen LogP contribution in [0, 0.1) is 5.92 Å². The smallest absolute Gasteiger partial charge is 0.335 e. The Morgan fingerprint density at radius 2 is 1.69 bits per heavy atom. The fourth-order valence-electron chi connectivity index (χ4n) is 5.58. The van der Waals surface area contributed by atoms with Crippen molar-refractivity contribution in [2.75, 3.05) is 44.0 Å². The number of hydrogen-bond acceptors (Lipinski definition) is 6. The van der Waals surface area contributed by atoms with Gasteiger partial charge in [-0.1, -0.05) is 24.3 Å². The molecule has 1 saturated heterocycles. The molecule has 39 heavy (non-hydrogen) atoms. The van der Waals surface area contributed by atoms with Crippen LogP contribution in [0.5, 0.6) is 0 Å². The Hall–Kier alpha value is -3.20. The number of nitrogens with zero attached hydrogens (tertiary/aromatic N) is 1. The van der Waals surface area contributed by atoms with Crippen molar-refractivity contribution in [3.8, 4) is 0 Å². The quantitative estimate of drug-likeness (QED) is 0.302. The summed E-state index contributed by atoms with van der Waals surface area (Å²) in [6.07, 6.45) is 5.96. The first-order chi connectivity index (χ1) is 19.0. The van der Waals surface area contributed by atoms with Gasteiger partial charge in [0.2, 0.25) is 0 Å². The van der Waals surface area contributed by atoms with Gasteiger partial charge in [-0.25, -0.2) is 4.79 Å². The van der Waals surface area contributed by atoms with Crippen LogP contribution in [0.25, 0.3) is 0 Å². The van der Waals surface area contributed by atoms with Gasteiger partial charge in [-0.05, 0) is 85.4 Å². The number of anilines is 2. The van der Waals surface area contributed by atoms with Gasteiger partial charge in [-0.15, -0.1) is 11.3 Å². The van der Waals surface area contributed by atoms with E-state index in [0.29, 0.717) is 11.5 Å². The van der Waals surface area contributed by atoms with Crippen molar-refractivity contribution in [2.45, 2.75) is 45.1 Å². The number of ether oxygens (including phenoxy) is 1. The Morgan fingerprint density at radius 1 is 1.03 bits per heavy atom. The minimum atomic E-state index is -0.900. The van der Waals surface area contributed by atoms with Gasteiger partial charge in [0.15, 0.2) is 0 Å². The van der Waals surface area contributed by atoms with Gasteiger partial charge < -0.3 is 20.5 Å². The molecule has 3 N–H and O–H groups in total. The molecule has 1 fully saturated rings. The molecule has 0 bridgehead atoms. The predicted octanol–water partition coefficient (Wildman–Crippen LogP) is 5.70. The second-order valence-corrected chi connectivity index (χ2v) is 11.6. The number of aryl methyl sites for hydroxylation is 2. The summed E-state index contributed by atoms with van der Waals surface area (Å²) in [6.45, 7) is 4.77. The van der Waals surface area contributed by atoms with Crippen LogP contribution in [0.3, 0.4) is 0 Å². The van der Waals surface area contributed by atoms with Gasteiger partial charge in [0, 0.05) is 50.5 Å². The monoisotopic (exact) mass is 547 g/mol. The molecule has 0 unspecified atom stereocenters. The third kappa shape index (κ3) is 6.87. The molecular weight excluding hydrogens is 510 g/mol. The average molecular weight is 548 g/mol. The van der Waals surface area contributed by atoms with Gasteiger partial charge in [0.05, 0.1) is 11.1 Å². The molecule has 3 aromatic rings. The Balaban J connectivity index is 1.15. The number of benzene rings is 2. The highest BCUT2D eigenvalue weighted by Crippen LogP contribution is 2.38. The van der Waals surface area contributed by atoms with E-state index in [2.05, 4.69) is 27.7 Å². The first kappa shape index (κ1) is 27.4. The van der Waals surface area contributed by atoms with E-state index in [1.165, 1.54) is 16.0 Å². The zero-order chi connectivity index (χ0) is 27.2. The standard InChI is InChI=1S/C31H37N3O4S/c1-32-30-28(26-13-16-34(20-27(26)39-30)19-23-14-17-38-18-15-23)29(35)33-25-11-7-22(8-12-25)4-2-3-21-5-9-24(10-6-21)31(36)37/h5-12,23,32H,2-4,13-20H2,1H3,(H,33,35)(H,36,37). The summed E-state index contributed by atoms with van der Waals surface area (Å²) < 4.78 is 5.52. The predicted molar refractivity (Wildman–Crippen MR) is 156 cm³/mol. The topological polar surface area (TPSA) is 90.9 Å². The molecule has 1 aromatic heterocycles. The Labute approximate surface area is 234 Å². The molecule has 0 saturated carbocycles. The Bertz CT molecular complexity index is 1280. The van der Waals surface area contributed by atoms with E-state index in [0.717, 1.165) is 93.2 Å². The molecule has 8 heteroatoms. The van der Waals surface area contributed by atoms with E-state index < -0.39 is 5.97 Å².